The van der Waals surface area contributed by atoms with Gasteiger partial charge in [-0.15, -0.1) is 0 Å². The van der Waals surface area contributed by atoms with Crippen molar-refractivity contribution >= 4 is 29.0 Å². The molecular weight excluding hydrogens is 832 g/mol. The van der Waals surface area contributed by atoms with E-state index in [0.29, 0.717) is 49.2 Å². The zero-order valence-corrected chi connectivity index (χ0v) is 36.6. The van der Waals surface area contributed by atoms with Crippen LogP contribution in [0.5, 0.6) is 0 Å². The highest BCUT2D eigenvalue weighted by atomic mass is 35.5. The zero-order valence-electron chi connectivity index (χ0n) is 35.1. The van der Waals surface area contributed by atoms with Gasteiger partial charge in [0, 0.05) is 54.3 Å². The van der Waals surface area contributed by atoms with Crippen LogP contribution in [0.3, 0.4) is 0 Å². The first kappa shape index (κ1) is 44.4. The van der Waals surface area contributed by atoms with Gasteiger partial charge in [0.05, 0.1) is 28.3 Å². The molecule has 5 atom stereocenters. The van der Waals surface area contributed by atoms with Crippen molar-refractivity contribution in [3.8, 4) is 11.3 Å². The predicted molar refractivity (Wildman–Crippen MR) is 239 cm³/mol. The fourth-order valence-corrected chi connectivity index (χ4v) is 10.6. The lowest BCUT2D eigenvalue weighted by atomic mass is 9.64. The third kappa shape index (κ3) is 9.21. The number of aliphatic hydroxyl groups is 2. The smallest absolute Gasteiger partial charge is 0.416 e. The molecule has 5 aromatic rings. The largest absolute Gasteiger partial charge is 0.453 e. The number of fused-ring (bicyclic) bond motifs is 8. The van der Waals surface area contributed by atoms with E-state index in [1.807, 2.05) is 36.4 Å². The molecule has 4 aromatic carbocycles. The number of hydrogen-bond acceptors (Lipinski definition) is 6. The van der Waals surface area contributed by atoms with Gasteiger partial charge >= 0.3 is 6.18 Å². The maximum Gasteiger partial charge on any atom is 0.416 e. The molecule has 1 unspecified atom stereocenters. The molecule has 0 amide bonds. The van der Waals surface area contributed by atoms with E-state index in [9.17, 15) is 28.2 Å². The Morgan fingerprint density at radius 2 is 1.61 bits per heavy atom. The van der Waals surface area contributed by atoms with Gasteiger partial charge in [-0.2, -0.15) is 13.2 Å². The van der Waals surface area contributed by atoms with Gasteiger partial charge in [0.1, 0.15) is 5.76 Å². The van der Waals surface area contributed by atoms with Gasteiger partial charge in [0.2, 0.25) is 5.78 Å². The van der Waals surface area contributed by atoms with Crippen LogP contribution in [0.15, 0.2) is 119 Å². The highest BCUT2D eigenvalue weighted by molar-refractivity contribution is 6.33. The van der Waals surface area contributed by atoms with Crippen molar-refractivity contribution in [2.45, 2.75) is 88.6 Å². The van der Waals surface area contributed by atoms with Gasteiger partial charge in [-0.25, -0.2) is 0 Å². The van der Waals surface area contributed by atoms with E-state index in [0.717, 1.165) is 62.3 Å². The average Bonchev–Trinajstić information content (AvgIpc) is 3.83. The Balaban J connectivity index is 1.09. The van der Waals surface area contributed by atoms with Crippen LogP contribution in [0.2, 0.25) is 10.0 Å². The van der Waals surface area contributed by atoms with Gasteiger partial charge in [-0.05, 0) is 129 Å². The van der Waals surface area contributed by atoms with E-state index < -0.39 is 34.6 Å². The number of piperazine rings is 1. The van der Waals surface area contributed by atoms with Crippen LogP contribution < -0.4 is 0 Å². The van der Waals surface area contributed by atoms with Crippen molar-refractivity contribution < 1.29 is 32.6 Å². The molecule has 326 valence electrons. The summed E-state index contributed by atoms with van der Waals surface area (Å²) in [5.74, 6) is -0.614. The molecule has 2 fully saturated rings. The highest BCUT2D eigenvalue weighted by Gasteiger charge is 2.57. The number of nitrogens with zero attached hydrogens (tertiary/aromatic N) is 2. The molecule has 1 saturated carbocycles. The summed E-state index contributed by atoms with van der Waals surface area (Å²) in [6.45, 7) is 7.92. The number of alkyl halides is 3. The number of β-amino-alcohol motifs (C(OH)–C–C–N with tert-alkyl or cyclic N) is 1. The van der Waals surface area contributed by atoms with Gasteiger partial charge in [-0.3, -0.25) is 14.6 Å². The molecule has 2 N–H and O–H groups in total. The topological polar surface area (TPSA) is 77.2 Å². The molecule has 2 bridgehead atoms. The zero-order chi connectivity index (χ0) is 43.8. The fraction of sp³-hybridized carbons (Fsp3) is 0.392. The quantitative estimate of drug-likeness (QED) is 0.119. The Labute approximate surface area is 372 Å². The second-order valence-electron chi connectivity index (χ2n) is 17.8. The maximum absolute atomic E-state index is 14.7. The summed E-state index contributed by atoms with van der Waals surface area (Å²) >= 11 is 12.7. The van der Waals surface area contributed by atoms with E-state index in [2.05, 4.69) is 66.1 Å². The number of rotatable bonds is 8. The van der Waals surface area contributed by atoms with Crippen molar-refractivity contribution in [2.75, 3.05) is 32.7 Å². The summed E-state index contributed by atoms with van der Waals surface area (Å²) < 4.78 is 47.0. The summed E-state index contributed by atoms with van der Waals surface area (Å²) in [6.07, 6.45) is 1.25. The normalized spacial score (nSPS) is 24.6. The minimum absolute atomic E-state index is 0.0327. The summed E-state index contributed by atoms with van der Waals surface area (Å²) in [5.41, 5.74) is 3.00. The molecule has 62 heavy (non-hydrogen) atoms. The standard InChI is InChI=1S/C51H53Cl2F3N2O4/c1-33-7-6-23-49(2)43(22-24-50(49,61)32-57-25-27-58(28-26-57)47(35-8-4-3-5-9-35)36-12-15-38(52)16-13-36)40-18-11-34(29-39(59)17-10-33)30-41(40)48(60)46-21-20-45(62-46)42-31-37(51(54,55)56)14-19-44(42)53/h3-5,7-9,11-16,18-21,30-31,39,43,47,59,61H,6,10,17,22-29,32H2,1-2H3/t39-,43-,47?,49-,50+/m0/s1. The third-order valence-corrected chi connectivity index (χ3v) is 14.4. The molecule has 2 heterocycles. The number of allylic oxidation sites excluding steroid dienone is 2. The Kier molecular flexibility index (Phi) is 13.0. The lowest BCUT2D eigenvalue weighted by Gasteiger charge is -2.48. The minimum Gasteiger partial charge on any atom is -0.453 e. The SMILES string of the molecule is CC1=CCC[C@@]2(C)[C@@H](CC[C@@]2(O)CN2CCN(C(c3ccccc3)c3ccc(Cl)cc3)CC2)c2ccc(cc2C(=O)c2ccc(-c3cc(C(F)(F)F)ccc3Cl)o2)C[C@@H](O)CC1. The lowest BCUT2D eigenvalue weighted by Crippen LogP contribution is -2.56. The van der Waals surface area contributed by atoms with Crippen LogP contribution in [-0.4, -0.2) is 70.2 Å². The van der Waals surface area contributed by atoms with E-state index in [1.165, 1.54) is 34.9 Å². The number of ketones is 1. The van der Waals surface area contributed by atoms with E-state index in [1.54, 1.807) is 0 Å². The number of halogens is 5. The van der Waals surface area contributed by atoms with Crippen LogP contribution in [0.4, 0.5) is 13.2 Å². The highest BCUT2D eigenvalue weighted by Crippen LogP contribution is 2.59. The van der Waals surface area contributed by atoms with Crippen molar-refractivity contribution in [3.63, 3.8) is 0 Å². The summed E-state index contributed by atoms with van der Waals surface area (Å²) in [5, 5.41) is 24.9. The minimum atomic E-state index is -4.59. The molecule has 0 radical (unpaired) electrons. The molecule has 4 aliphatic rings. The summed E-state index contributed by atoms with van der Waals surface area (Å²) in [7, 11) is 0. The molecule has 3 aliphatic carbocycles. The number of carbonyl (C=O) groups is 1. The molecule has 6 nitrogen and oxygen atoms in total. The number of hydrogen-bond donors (Lipinski definition) is 2. The molecule has 0 spiro atoms. The van der Waals surface area contributed by atoms with Crippen LogP contribution in [0.1, 0.15) is 108 Å². The van der Waals surface area contributed by atoms with E-state index in [-0.39, 0.29) is 34.1 Å². The Hall–Kier alpha value is -4.22. The van der Waals surface area contributed by atoms with Crippen molar-refractivity contribution in [3.05, 3.63) is 164 Å². The number of carbonyl (C=O) groups excluding carboxylic acids is 1. The molecule has 1 saturated heterocycles. The number of benzene rings is 4. The summed E-state index contributed by atoms with van der Waals surface area (Å²) in [6, 6.07) is 30.4. The van der Waals surface area contributed by atoms with Gasteiger partial charge < -0.3 is 14.6 Å². The van der Waals surface area contributed by atoms with Crippen molar-refractivity contribution in [1.29, 1.82) is 0 Å². The lowest BCUT2D eigenvalue weighted by molar-refractivity contribution is -0.137. The maximum atomic E-state index is 14.7. The second-order valence-corrected chi connectivity index (χ2v) is 18.7. The Bertz CT molecular complexity index is 2410. The van der Waals surface area contributed by atoms with Crippen LogP contribution >= 0.6 is 23.2 Å². The predicted octanol–water partition coefficient (Wildman–Crippen LogP) is 11.9. The van der Waals surface area contributed by atoms with E-state index >= 15 is 0 Å². The number of aliphatic hydroxyl groups excluding tert-OH is 1. The van der Waals surface area contributed by atoms with E-state index in [4.69, 9.17) is 27.6 Å². The fourth-order valence-electron chi connectivity index (χ4n) is 10.3. The van der Waals surface area contributed by atoms with Crippen molar-refractivity contribution in [2.24, 2.45) is 5.41 Å². The molecular formula is C51H53Cl2F3N2O4. The van der Waals surface area contributed by atoms with Crippen LogP contribution in [0.25, 0.3) is 11.3 Å². The molecule has 9 rings (SSSR count). The number of furan rings is 1. The second kappa shape index (κ2) is 18.1. The monoisotopic (exact) mass is 884 g/mol. The first-order valence-electron chi connectivity index (χ1n) is 21.6. The van der Waals surface area contributed by atoms with Gasteiger partial charge in [0.15, 0.2) is 5.76 Å². The van der Waals surface area contributed by atoms with Crippen molar-refractivity contribution in [1.82, 2.24) is 9.80 Å². The van der Waals surface area contributed by atoms with Crippen LogP contribution in [-0.2, 0) is 12.6 Å². The van der Waals surface area contributed by atoms with Crippen LogP contribution in [0, 0.1) is 5.41 Å². The third-order valence-electron chi connectivity index (χ3n) is 13.9. The summed E-state index contributed by atoms with van der Waals surface area (Å²) in [4.78, 5) is 19.6. The first-order valence-corrected chi connectivity index (χ1v) is 22.3. The Morgan fingerprint density at radius 1 is 0.887 bits per heavy atom. The average molecular weight is 886 g/mol. The first-order chi connectivity index (χ1) is 29.6. The molecule has 1 aromatic heterocycles. The molecule has 1 aliphatic heterocycles. The Morgan fingerprint density at radius 3 is 2.34 bits per heavy atom. The van der Waals surface area contributed by atoms with Gasteiger partial charge in [-0.1, -0.05) is 96.4 Å². The van der Waals surface area contributed by atoms with Gasteiger partial charge in [0.25, 0.3) is 0 Å². The molecule has 11 heteroatoms.